The standard InChI is InChI=1S/C12H18N2O2/c1-2-10(9-15)14-12(16)7-6-11-5-3-4-8-13-11/h3-5,8,10,15H,2,6-7,9H2,1H3,(H,14,16)/t10-/m1/s1. The van der Waals surface area contributed by atoms with Crippen LogP contribution >= 0.6 is 0 Å². The van der Waals surface area contributed by atoms with Crippen LogP contribution in [0.4, 0.5) is 0 Å². The van der Waals surface area contributed by atoms with E-state index in [0.717, 1.165) is 12.1 Å². The van der Waals surface area contributed by atoms with Gasteiger partial charge in [0, 0.05) is 18.3 Å². The molecule has 88 valence electrons. The monoisotopic (exact) mass is 222 g/mol. The van der Waals surface area contributed by atoms with E-state index in [1.807, 2.05) is 25.1 Å². The van der Waals surface area contributed by atoms with E-state index in [1.54, 1.807) is 6.20 Å². The summed E-state index contributed by atoms with van der Waals surface area (Å²) in [6, 6.07) is 5.53. The van der Waals surface area contributed by atoms with Crippen LogP contribution in [0.25, 0.3) is 0 Å². The number of nitrogens with one attached hydrogen (secondary N) is 1. The van der Waals surface area contributed by atoms with Crippen molar-refractivity contribution < 1.29 is 9.90 Å². The minimum absolute atomic E-state index is 0.00811. The van der Waals surface area contributed by atoms with E-state index >= 15 is 0 Å². The van der Waals surface area contributed by atoms with Crippen LogP contribution in [-0.4, -0.2) is 28.6 Å². The number of aliphatic hydroxyl groups is 1. The maximum absolute atomic E-state index is 11.5. The van der Waals surface area contributed by atoms with Gasteiger partial charge in [-0.1, -0.05) is 13.0 Å². The summed E-state index contributed by atoms with van der Waals surface area (Å²) in [5, 5.41) is 11.7. The molecule has 0 saturated heterocycles. The number of hydrogen-bond acceptors (Lipinski definition) is 3. The van der Waals surface area contributed by atoms with Crippen LogP contribution < -0.4 is 5.32 Å². The van der Waals surface area contributed by atoms with E-state index in [4.69, 9.17) is 5.11 Å². The molecule has 0 spiro atoms. The minimum atomic E-state index is -0.128. The first kappa shape index (κ1) is 12.6. The van der Waals surface area contributed by atoms with Gasteiger partial charge in [-0.25, -0.2) is 0 Å². The number of aromatic nitrogens is 1. The molecule has 1 aromatic rings. The summed E-state index contributed by atoms with van der Waals surface area (Å²) >= 11 is 0. The lowest BCUT2D eigenvalue weighted by Crippen LogP contribution is -2.37. The Morgan fingerprint density at radius 1 is 1.56 bits per heavy atom. The number of pyridine rings is 1. The predicted molar refractivity (Wildman–Crippen MR) is 61.9 cm³/mol. The van der Waals surface area contributed by atoms with Gasteiger partial charge in [0.15, 0.2) is 0 Å². The maximum Gasteiger partial charge on any atom is 0.220 e. The largest absolute Gasteiger partial charge is 0.394 e. The fourth-order valence-corrected chi connectivity index (χ4v) is 1.36. The highest BCUT2D eigenvalue weighted by molar-refractivity contribution is 5.76. The summed E-state index contributed by atoms with van der Waals surface area (Å²) in [7, 11) is 0. The highest BCUT2D eigenvalue weighted by Gasteiger charge is 2.08. The van der Waals surface area contributed by atoms with Crippen molar-refractivity contribution in [3.05, 3.63) is 30.1 Å². The zero-order valence-electron chi connectivity index (χ0n) is 9.52. The molecule has 1 rings (SSSR count). The predicted octanol–water partition coefficient (Wildman–Crippen LogP) is 0.901. The molecule has 0 fully saturated rings. The van der Waals surface area contributed by atoms with Crippen molar-refractivity contribution in [1.29, 1.82) is 0 Å². The van der Waals surface area contributed by atoms with Crippen LogP contribution in [0.3, 0.4) is 0 Å². The van der Waals surface area contributed by atoms with E-state index in [2.05, 4.69) is 10.3 Å². The van der Waals surface area contributed by atoms with E-state index in [-0.39, 0.29) is 18.6 Å². The first-order valence-corrected chi connectivity index (χ1v) is 5.56. The second-order valence-electron chi connectivity index (χ2n) is 3.68. The summed E-state index contributed by atoms with van der Waals surface area (Å²) in [5.74, 6) is -0.0356. The smallest absolute Gasteiger partial charge is 0.220 e. The summed E-state index contributed by atoms with van der Waals surface area (Å²) < 4.78 is 0. The fourth-order valence-electron chi connectivity index (χ4n) is 1.36. The third kappa shape index (κ3) is 4.40. The highest BCUT2D eigenvalue weighted by Crippen LogP contribution is 1.99. The van der Waals surface area contributed by atoms with Gasteiger partial charge in [-0.3, -0.25) is 9.78 Å². The van der Waals surface area contributed by atoms with Crippen molar-refractivity contribution in [3.8, 4) is 0 Å². The molecule has 0 saturated carbocycles. The van der Waals surface area contributed by atoms with Crippen LogP contribution in [0.15, 0.2) is 24.4 Å². The third-order valence-electron chi connectivity index (χ3n) is 2.41. The van der Waals surface area contributed by atoms with E-state index in [1.165, 1.54) is 0 Å². The van der Waals surface area contributed by atoms with E-state index in [0.29, 0.717) is 12.8 Å². The van der Waals surface area contributed by atoms with Gasteiger partial charge in [0.05, 0.1) is 12.6 Å². The molecule has 4 nitrogen and oxygen atoms in total. The van der Waals surface area contributed by atoms with Gasteiger partial charge in [0.25, 0.3) is 0 Å². The van der Waals surface area contributed by atoms with Crippen molar-refractivity contribution in [3.63, 3.8) is 0 Å². The number of nitrogens with zero attached hydrogens (tertiary/aromatic N) is 1. The average molecular weight is 222 g/mol. The number of carbonyl (C=O) groups excluding carboxylic acids is 1. The Morgan fingerprint density at radius 2 is 2.38 bits per heavy atom. The molecule has 2 N–H and O–H groups in total. The fraction of sp³-hybridized carbons (Fsp3) is 0.500. The molecule has 0 bridgehead atoms. The summed E-state index contributed by atoms with van der Waals surface area (Å²) in [5.41, 5.74) is 0.912. The SMILES string of the molecule is CC[C@H](CO)NC(=O)CCc1ccccn1. The van der Waals surface area contributed by atoms with Crippen molar-refractivity contribution in [2.24, 2.45) is 0 Å². The summed E-state index contributed by atoms with van der Waals surface area (Å²) in [6.45, 7) is 1.92. The Morgan fingerprint density at radius 3 is 2.94 bits per heavy atom. The second-order valence-corrected chi connectivity index (χ2v) is 3.68. The van der Waals surface area contributed by atoms with Crippen LogP contribution in [0.5, 0.6) is 0 Å². The maximum atomic E-state index is 11.5. The Hall–Kier alpha value is -1.42. The van der Waals surface area contributed by atoms with Gasteiger partial charge in [0.1, 0.15) is 0 Å². The first-order valence-electron chi connectivity index (χ1n) is 5.56. The molecule has 4 heteroatoms. The van der Waals surface area contributed by atoms with Crippen LogP contribution in [0.1, 0.15) is 25.5 Å². The lowest BCUT2D eigenvalue weighted by molar-refractivity contribution is -0.122. The van der Waals surface area contributed by atoms with E-state index in [9.17, 15) is 4.79 Å². The Bertz CT molecular complexity index is 310. The number of rotatable bonds is 6. The molecule has 1 amide bonds. The van der Waals surface area contributed by atoms with Gasteiger partial charge in [-0.2, -0.15) is 0 Å². The van der Waals surface area contributed by atoms with Crippen LogP contribution in [0, 0.1) is 0 Å². The third-order valence-corrected chi connectivity index (χ3v) is 2.41. The Balaban J connectivity index is 2.30. The Kier molecular flexibility index (Phi) is 5.50. The number of carbonyl (C=O) groups is 1. The number of aryl methyl sites for hydroxylation is 1. The molecular formula is C12H18N2O2. The van der Waals surface area contributed by atoms with Gasteiger partial charge in [0.2, 0.25) is 5.91 Å². The van der Waals surface area contributed by atoms with Crippen molar-refractivity contribution >= 4 is 5.91 Å². The van der Waals surface area contributed by atoms with Gasteiger partial charge < -0.3 is 10.4 Å². The van der Waals surface area contributed by atoms with Gasteiger partial charge >= 0.3 is 0 Å². The normalized spacial score (nSPS) is 12.1. The number of hydrogen-bond donors (Lipinski definition) is 2. The zero-order valence-corrected chi connectivity index (χ0v) is 9.52. The molecule has 0 aliphatic heterocycles. The van der Waals surface area contributed by atoms with Crippen LogP contribution in [-0.2, 0) is 11.2 Å². The second kappa shape index (κ2) is 6.95. The van der Waals surface area contributed by atoms with Crippen molar-refractivity contribution in [2.75, 3.05) is 6.61 Å². The summed E-state index contributed by atoms with van der Waals surface area (Å²) in [4.78, 5) is 15.6. The number of aliphatic hydroxyl groups excluding tert-OH is 1. The molecule has 1 heterocycles. The topological polar surface area (TPSA) is 62.2 Å². The summed E-state index contributed by atoms with van der Waals surface area (Å²) in [6.07, 6.45) is 3.50. The molecule has 0 aromatic carbocycles. The zero-order chi connectivity index (χ0) is 11.8. The minimum Gasteiger partial charge on any atom is -0.394 e. The molecular weight excluding hydrogens is 204 g/mol. The van der Waals surface area contributed by atoms with E-state index < -0.39 is 0 Å². The van der Waals surface area contributed by atoms with Crippen LogP contribution in [0.2, 0.25) is 0 Å². The number of amides is 1. The van der Waals surface area contributed by atoms with Crippen molar-refractivity contribution in [1.82, 2.24) is 10.3 Å². The molecule has 0 radical (unpaired) electrons. The first-order chi connectivity index (χ1) is 7.76. The van der Waals surface area contributed by atoms with Gasteiger partial charge in [-0.05, 0) is 25.0 Å². The molecule has 0 aliphatic rings. The Labute approximate surface area is 95.7 Å². The molecule has 0 aliphatic carbocycles. The molecule has 0 unspecified atom stereocenters. The lowest BCUT2D eigenvalue weighted by Gasteiger charge is -2.13. The lowest BCUT2D eigenvalue weighted by atomic mass is 10.2. The molecule has 1 atom stereocenters. The quantitative estimate of drug-likeness (QED) is 0.751. The molecule has 1 aromatic heterocycles. The average Bonchev–Trinajstić information content (AvgIpc) is 2.34. The van der Waals surface area contributed by atoms with Gasteiger partial charge in [-0.15, -0.1) is 0 Å². The van der Waals surface area contributed by atoms with Crippen molar-refractivity contribution in [2.45, 2.75) is 32.2 Å². The molecule has 16 heavy (non-hydrogen) atoms. The highest BCUT2D eigenvalue weighted by atomic mass is 16.3.